The minimum Gasteiger partial charge on any atom is -0.423 e. The molecule has 0 amide bonds. The van der Waals surface area contributed by atoms with E-state index in [1.54, 1.807) is 78.7 Å². The van der Waals surface area contributed by atoms with Crippen LogP contribution in [0, 0.1) is 0 Å². The van der Waals surface area contributed by atoms with E-state index < -0.39 is 16.0 Å². The minimum absolute atomic E-state index is 0.195. The molecule has 0 radical (unpaired) electrons. The summed E-state index contributed by atoms with van der Waals surface area (Å²) in [4.78, 5) is 14.2. The van der Waals surface area contributed by atoms with Crippen molar-refractivity contribution in [1.82, 2.24) is 0 Å². The molecule has 0 saturated carbocycles. The third-order valence-corrected chi connectivity index (χ3v) is 6.48. The van der Waals surface area contributed by atoms with Gasteiger partial charge in [-0.2, -0.15) is 8.42 Å². The van der Waals surface area contributed by atoms with Gasteiger partial charge in [0.1, 0.15) is 10.6 Å². The van der Waals surface area contributed by atoms with Gasteiger partial charge in [-0.15, -0.1) is 4.40 Å². The van der Waals surface area contributed by atoms with Crippen molar-refractivity contribution in [1.29, 1.82) is 0 Å². The largest absolute Gasteiger partial charge is 0.423 e. The molecule has 0 aromatic heterocycles. The summed E-state index contributed by atoms with van der Waals surface area (Å²) in [5.41, 5.74) is 1.69. The lowest BCUT2D eigenvalue weighted by molar-refractivity contribution is 0.0734. The van der Waals surface area contributed by atoms with Gasteiger partial charge in [-0.05, 0) is 64.5 Å². The number of halogens is 1. The third kappa shape index (κ3) is 3.68. The molecule has 0 aliphatic carbocycles. The molecular weight excluding hydrogens is 456 g/mol. The van der Waals surface area contributed by atoms with E-state index in [9.17, 15) is 13.2 Å². The Morgan fingerprint density at radius 1 is 0.966 bits per heavy atom. The topological polar surface area (TPSA) is 76.0 Å². The molecule has 0 fully saturated rings. The van der Waals surface area contributed by atoms with Crippen LogP contribution in [0.2, 0.25) is 0 Å². The first kappa shape index (κ1) is 19.4. The highest BCUT2D eigenvalue weighted by Crippen LogP contribution is 2.30. The predicted octanol–water partition coefficient (Wildman–Crippen LogP) is 4.25. The average Bonchev–Trinajstić information content (AvgIpc) is 3.00. The van der Waals surface area contributed by atoms with Crippen LogP contribution in [0.5, 0.6) is 5.75 Å². The maximum absolute atomic E-state index is 12.3. The van der Waals surface area contributed by atoms with Gasteiger partial charge in [0, 0.05) is 22.8 Å². The summed E-state index contributed by atoms with van der Waals surface area (Å²) in [5.74, 6) is 0.251. The Kier molecular flexibility index (Phi) is 4.97. The van der Waals surface area contributed by atoms with Gasteiger partial charge in [0.2, 0.25) is 0 Å². The van der Waals surface area contributed by atoms with E-state index in [1.807, 2.05) is 6.07 Å². The maximum Gasteiger partial charge on any atom is 0.344 e. The first-order valence-electron chi connectivity index (χ1n) is 8.62. The van der Waals surface area contributed by atoms with Gasteiger partial charge in [-0.1, -0.05) is 24.3 Å². The first-order valence-corrected chi connectivity index (χ1v) is 10.8. The highest BCUT2D eigenvalue weighted by molar-refractivity contribution is 9.10. The molecule has 0 bridgehead atoms. The zero-order valence-corrected chi connectivity index (χ0v) is 17.6. The van der Waals surface area contributed by atoms with E-state index in [2.05, 4.69) is 20.3 Å². The molecule has 1 heterocycles. The molecule has 29 heavy (non-hydrogen) atoms. The molecule has 0 saturated heterocycles. The molecular formula is C21H15BrN2O4S. The summed E-state index contributed by atoms with van der Waals surface area (Å²) in [6, 6.07) is 20.5. The number of amidine groups is 1. The summed E-state index contributed by atoms with van der Waals surface area (Å²) in [7, 11) is -1.96. The normalized spacial score (nSPS) is 14.1. The van der Waals surface area contributed by atoms with Crippen LogP contribution < -0.4 is 9.64 Å². The number of carbonyl (C=O) groups excluding carboxylic acids is 1. The van der Waals surface area contributed by atoms with Crippen molar-refractivity contribution >= 4 is 43.4 Å². The van der Waals surface area contributed by atoms with Crippen LogP contribution >= 0.6 is 15.9 Å². The lowest BCUT2D eigenvalue weighted by Gasteiger charge is -2.19. The molecule has 0 unspecified atom stereocenters. The Bertz CT molecular complexity index is 1240. The van der Waals surface area contributed by atoms with Crippen molar-refractivity contribution in [2.24, 2.45) is 4.40 Å². The van der Waals surface area contributed by atoms with Crippen molar-refractivity contribution in [2.45, 2.75) is 4.90 Å². The van der Waals surface area contributed by atoms with Crippen LogP contribution in [-0.2, 0) is 10.0 Å². The Labute approximate surface area is 176 Å². The molecule has 0 spiro atoms. The first-order chi connectivity index (χ1) is 13.9. The second-order valence-electron chi connectivity index (χ2n) is 6.31. The molecule has 0 atom stereocenters. The van der Waals surface area contributed by atoms with Gasteiger partial charge >= 0.3 is 5.97 Å². The summed E-state index contributed by atoms with van der Waals surface area (Å²) >= 11 is 3.33. The van der Waals surface area contributed by atoms with E-state index in [4.69, 9.17) is 4.74 Å². The van der Waals surface area contributed by atoms with Crippen molar-refractivity contribution in [3.05, 3.63) is 88.4 Å². The minimum atomic E-state index is -3.69. The molecule has 3 aromatic rings. The Morgan fingerprint density at radius 3 is 2.34 bits per heavy atom. The zero-order chi connectivity index (χ0) is 20.6. The number of hydrogen-bond acceptors (Lipinski definition) is 5. The highest BCUT2D eigenvalue weighted by atomic mass is 79.9. The fraction of sp³-hybridized carbons (Fsp3) is 0.0476. The third-order valence-electron chi connectivity index (χ3n) is 4.46. The number of nitrogens with zero attached hydrogens (tertiary/aromatic N) is 2. The Morgan fingerprint density at radius 2 is 1.62 bits per heavy atom. The van der Waals surface area contributed by atoms with Crippen LogP contribution in [0.3, 0.4) is 0 Å². The monoisotopic (exact) mass is 470 g/mol. The number of fused-ring (bicyclic) bond motifs is 1. The van der Waals surface area contributed by atoms with Crippen molar-refractivity contribution in [2.75, 3.05) is 11.9 Å². The average molecular weight is 471 g/mol. The number of rotatable bonds is 3. The fourth-order valence-electron chi connectivity index (χ4n) is 2.98. The molecule has 4 rings (SSSR count). The van der Waals surface area contributed by atoms with Gasteiger partial charge in [0.05, 0.1) is 5.56 Å². The molecule has 6 nitrogen and oxygen atoms in total. The van der Waals surface area contributed by atoms with Crippen LogP contribution in [0.15, 0.2) is 86.6 Å². The van der Waals surface area contributed by atoms with Gasteiger partial charge in [-0.25, -0.2) is 4.79 Å². The van der Waals surface area contributed by atoms with E-state index in [0.717, 1.165) is 0 Å². The predicted molar refractivity (Wildman–Crippen MR) is 114 cm³/mol. The lowest BCUT2D eigenvalue weighted by Crippen LogP contribution is -2.25. The van der Waals surface area contributed by atoms with Crippen molar-refractivity contribution in [3.8, 4) is 5.75 Å². The maximum atomic E-state index is 12.3. The fourth-order valence-corrected chi connectivity index (χ4v) is 4.66. The summed E-state index contributed by atoms with van der Waals surface area (Å²) in [6.45, 7) is 0. The second kappa shape index (κ2) is 7.46. The number of esters is 1. The molecule has 1 aliphatic heterocycles. The number of sulfonamides is 1. The molecule has 146 valence electrons. The van der Waals surface area contributed by atoms with Gasteiger partial charge in [0.15, 0.2) is 5.84 Å². The molecule has 0 N–H and O–H groups in total. The van der Waals surface area contributed by atoms with Crippen LogP contribution in [0.25, 0.3) is 0 Å². The van der Waals surface area contributed by atoms with Crippen LogP contribution in [0.4, 0.5) is 5.69 Å². The SMILES string of the molecule is CN(C1=NS(=O)(=O)c2ccccc21)c1ccc(OC(=O)c2ccccc2Br)cc1. The summed E-state index contributed by atoms with van der Waals surface area (Å²) < 4.78 is 34.5. The van der Waals surface area contributed by atoms with E-state index in [0.29, 0.717) is 32.9 Å². The standard InChI is InChI=1S/C21H15BrN2O4S/c1-24(20-17-7-3-5-9-19(17)29(26,27)23-20)14-10-12-15(13-11-14)28-21(25)16-6-2-4-8-18(16)22/h2-13H,1H3. The smallest absolute Gasteiger partial charge is 0.344 e. The number of carbonyl (C=O) groups is 1. The number of hydrogen-bond donors (Lipinski definition) is 0. The lowest BCUT2D eigenvalue weighted by atomic mass is 10.2. The van der Waals surface area contributed by atoms with Crippen molar-refractivity contribution < 1.29 is 17.9 Å². The van der Waals surface area contributed by atoms with Gasteiger partial charge < -0.3 is 9.64 Å². The van der Waals surface area contributed by atoms with Crippen molar-refractivity contribution in [3.63, 3.8) is 0 Å². The van der Waals surface area contributed by atoms with E-state index in [-0.39, 0.29) is 4.90 Å². The Balaban J connectivity index is 1.56. The van der Waals surface area contributed by atoms with Crippen LogP contribution in [0.1, 0.15) is 15.9 Å². The number of benzene rings is 3. The number of anilines is 1. The molecule has 1 aliphatic rings. The van der Waals surface area contributed by atoms with Gasteiger partial charge in [0.25, 0.3) is 10.0 Å². The van der Waals surface area contributed by atoms with E-state index in [1.165, 1.54) is 0 Å². The molecule has 3 aromatic carbocycles. The summed E-state index contributed by atoms with van der Waals surface area (Å²) in [5, 5.41) is 0. The second-order valence-corrected chi connectivity index (χ2v) is 8.74. The quantitative estimate of drug-likeness (QED) is 0.422. The van der Waals surface area contributed by atoms with Crippen LogP contribution in [-0.4, -0.2) is 27.3 Å². The van der Waals surface area contributed by atoms with Gasteiger partial charge in [-0.3, -0.25) is 0 Å². The highest BCUT2D eigenvalue weighted by Gasteiger charge is 2.30. The number of ether oxygens (including phenoxy) is 1. The summed E-state index contributed by atoms with van der Waals surface area (Å²) in [6.07, 6.45) is 0. The molecule has 8 heteroatoms. The zero-order valence-electron chi connectivity index (χ0n) is 15.2. The van der Waals surface area contributed by atoms with E-state index >= 15 is 0 Å². The Hall–Kier alpha value is -2.97.